The van der Waals surface area contributed by atoms with Crippen molar-refractivity contribution < 1.29 is 9.53 Å². The summed E-state index contributed by atoms with van der Waals surface area (Å²) in [4.78, 5) is 10.8. The van der Waals surface area contributed by atoms with Gasteiger partial charge < -0.3 is 10.1 Å². The largest absolute Gasteiger partial charge is 0.468 e. The van der Waals surface area contributed by atoms with Crippen LogP contribution in [0.25, 0.3) is 0 Å². The highest BCUT2D eigenvalue weighted by atomic mass is 79.9. The Hall–Kier alpha value is -0.580. The Balaban J connectivity index is 2.53. The van der Waals surface area contributed by atoms with Crippen LogP contribution < -0.4 is 5.32 Å². The van der Waals surface area contributed by atoms with Crippen LogP contribution in [0.1, 0.15) is 18.5 Å². The molecule has 1 aromatic carbocycles. The molecule has 17 heavy (non-hydrogen) atoms. The molecule has 5 heteroatoms. The highest BCUT2D eigenvalue weighted by Gasteiger charge is 2.16. The van der Waals surface area contributed by atoms with E-state index in [1.807, 2.05) is 31.2 Å². The molecule has 94 valence electrons. The summed E-state index contributed by atoms with van der Waals surface area (Å²) < 4.78 is 4.62. The van der Waals surface area contributed by atoms with Gasteiger partial charge in [0.2, 0.25) is 0 Å². The number of ether oxygens (including phenoxy) is 1. The minimum atomic E-state index is -0.350. The molecule has 0 heterocycles. The van der Waals surface area contributed by atoms with Gasteiger partial charge in [-0.3, -0.25) is 4.79 Å². The van der Waals surface area contributed by atoms with Crippen LogP contribution in [0.2, 0.25) is 5.02 Å². The SMILES string of the molecule is COC(=O)C(Br)CN[C@@H](C)c1ccccc1Cl. The number of esters is 1. The molecule has 0 saturated heterocycles. The van der Waals surface area contributed by atoms with Gasteiger partial charge in [0.1, 0.15) is 4.83 Å². The number of alkyl halides is 1. The van der Waals surface area contributed by atoms with Crippen LogP contribution >= 0.6 is 27.5 Å². The highest BCUT2D eigenvalue weighted by Crippen LogP contribution is 2.22. The quantitative estimate of drug-likeness (QED) is 0.669. The van der Waals surface area contributed by atoms with E-state index in [9.17, 15) is 4.79 Å². The van der Waals surface area contributed by atoms with Gasteiger partial charge >= 0.3 is 5.97 Å². The third kappa shape index (κ3) is 4.30. The number of rotatable bonds is 5. The molecule has 0 fully saturated rings. The minimum Gasteiger partial charge on any atom is -0.468 e. The Morgan fingerprint density at radius 2 is 2.18 bits per heavy atom. The van der Waals surface area contributed by atoms with Crippen LogP contribution in [0.4, 0.5) is 0 Å². The van der Waals surface area contributed by atoms with E-state index in [2.05, 4.69) is 26.0 Å². The van der Waals surface area contributed by atoms with Gasteiger partial charge in [0.25, 0.3) is 0 Å². The third-order valence-corrected chi connectivity index (χ3v) is 3.47. The maximum atomic E-state index is 11.2. The van der Waals surface area contributed by atoms with E-state index in [1.165, 1.54) is 7.11 Å². The summed E-state index contributed by atoms with van der Waals surface area (Å²) in [6.45, 7) is 2.48. The van der Waals surface area contributed by atoms with Crippen molar-refractivity contribution in [3.63, 3.8) is 0 Å². The van der Waals surface area contributed by atoms with Gasteiger partial charge in [-0.15, -0.1) is 0 Å². The lowest BCUT2D eigenvalue weighted by atomic mass is 10.1. The normalized spacial score (nSPS) is 14.1. The lowest BCUT2D eigenvalue weighted by Crippen LogP contribution is -2.31. The fraction of sp³-hybridized carbons (Fsp3) is 0.417. The zero-order valence-electron chi connectivity index (χ0n) is 9.74. The summed E-state index contributed by atoms with van der Waals surface area (Å²) in [5, 5.41) is 3.94. The molecule has 1 unspecified atom stereocenters. The molecule has 0 amide bonds. The Bertz CT molecular complexity index is 387. The van der Waals surface area contributed by atoms with E-state index < -0.39 is 0 Å². The second kappa shape index (κ2) is 6.99. The van der Waals surface area contributed by atoms with E-state index in [4.69, 9.17) is 11.6 Å². The van der Waals surface area contributed by atoms with Crippen molar-refractivity contribution in [2.24, 2.45) is 0 Å². The summed E-state index contributed by atoms with van der Waals surface area (Å²) in [7, 11) is 1.37. The van der Waals surface area contributed by atoms with Gasteiger partial charge in [-0.25, -0.2) is 0 Å². The second-order valence-electron chi connectivity index (χ2n) is 3.64. The number of benzene rings is 1. The van der Waals surface area contributed by atoms with Crippen LogP contribution in [-0.2, 0) is 9.53 Å². The van der Waals surface area contributed by atoms with Crippen molar-refractivity contribution in [3.8, 4) is 0 Å². The topological polar surface area (TPSA) is 38.3 Å². The van der Waals surface area contributed by atoms with E-state index >= 15 is 0 Å². The van der Waals surface area contributed by atoms with Crippen molar-refractivity contribution in [1.82, 2.24) is 5.32 Å². The summed E-state index contributed by atoms with van der Waals surface area (Å²) >= 11 is 9.33. The molecule has 2 atom stereocenters. The molecule has 1 N–H and O–H groups in total. The van der Waals surface area contributed by atoms with Gasteiger partial charge in [-0.1, -0.05) is 45.7 Å². The fourth-order valence-electron chi connectivity index (χ4n) is 1.43. The second-order valence-corrected chi connectivity index (χ2v) is 5.15. The standard InChI is InChI=1S/C12H15BrClNO2/c1-8(9-5-3-4-6-11(9)14)15-7-10(13)12(16)17-2/h3-6,8,10,15H,7H2,1-2H3/t8-,10?/m0/s1. The van der Waals surface area contributed by atoms with Crippen molar-refractivity contribution in [2.45, 2.75) is 17.8 Å². The molecule has 0 aromatic heterocycles. The Labute approximate surface area is 115 Å². The van der Waals surface area contributed by atoms with Gasteiger partial charge in [0.15, 0.2) is 0 Å². The molecule has 1 aromatic rings. The van der Waals surface area contributed by atoms with Gasteiger partial charge in [-0.2, -0.15) is 0 Å². The summed E-state index contributed by atoms with van der Waals surface area (Å²) in [5.41, 5.74) is 1.01. The van der Waals surface area contributed by atoms with Crippen molar-refractivity contribution in [1.29, 1.82) is 0 Å². The molecular formula is C12H15BrClNO2. The first-order chi connectivity index (χ1) is 8.06. The Morgan fingerprint density at radius 1 is 1.53 bits per heavy atom. The van der Waals surface area contributed by atoms with Crippen molar-refractivity contribution in [2.75, 3.05) is 13.7 Å². The van der Waals surface area contributed by atoms with E-state index in [-0.39, 0.29) is 16.8 Å². The number of nitrogens with one attached hydrogen (secondary N) is 1. The Morgan fingerprint density at radius 3 is 2.76 bits per heavy atom. The summed E-state index contributed by atoms with van der Waals surface area (Å²) in [6.07, 6.45) is 0. The van der Waals surface area contributed by atoms with E-state index in [0.29, 0.717) is 6.54 Å². The first kappa shape index (κ1) is 14.5. The van der Waals surface area contributed by atoms with Gasteiger partial charge in [0, 0.05) is 17.6 Å². The van der Waals surface area contributed by atoms with Crippen LogP contribution in [0.5, 0.6) is 0 Å². The van der Waals surface area contributed by atoms with Crippen molar-refractivity contribution in [3.05, 3.63) is 34.9 Å². The molecule has 0 radical (unpaired) electrons. The van der Waals surface area contributed by atoms with Gasteiger partial charge in [0.05, 0.1) is 7.11 Å². The first-order valence-electron chi connectivity index (χ1n) is 5.26. The zero-order chi connectivity index (χ0) is 12.8. The average molecular weight is 321 g/mol. The predicted octanol–water partition coefficient (Wildman–Crippen LogP) is 2.93. The summed E-state index contributed by atoms with van der Waals surface area (Å²) in [6, 6.07) is 7.71. The Kier molecular flexibility index (Phi) is 5.95. The smallest absolute Gasteiger partial charge is 0.320 e. The third-order valence-electron chi connectivity index (χ3n) is 2.43. The maximum absolute atomic E-state index is 11.2. The molecule has 3 nitrogen and oxygen atoms in total. The zero-order valence-corrected chi connectivity index (χ0v) is 12.1. The van der Waals surface area contributed by atoms with Crippen LogP contribution in [0, 0.1) is 0 Å². The first-order valence-corrected chi connectivity index (χ1v) is 6.55. The number of halogens is 2. The minimum absolute atomic E-state index is 0.0772. The molecule has 0 aliphatic carbocycles. The van der Waals surface area contributed by atoms with Gasteiger partial charge in [-0.05, 0) is 18.6 Å². The number of carbonyl (C=O) groups excluding carboxylic acids is 1. The van der Waals surface area contributed by atoms with E-state index in [0.717, 1.165) is 10.6 Å². The lowest BCUT2D eigenvalue weighted by Gasteiger charge is -2.17. The number of hydrogen-bond acceptors (Lipinski definition) is 3. The average Bonchev–Trinajstić information content (AvgIpc) is 2.35. The van der Waals surface area contributed by atoms with Crippen molar-refractivity contribution >= 4 is 33.5 Å². The van der Waals surface area contributed by atoms with E-state index in [1.54, 1.807) is 0 Å². The molecule has 0 saturated carbocycles. The molecule has 1 rings (SSSR count). The number of methoxy groups -OCH3 is 1. The molecule has 0 spiro atoms. The molecule has 0 aliphatic rings. The lowest BCUT2D eigenvalue weighted by molar-refractivity contribution is -0.139. The molecular weight excluding hydrogens is 305 g/mol. The van der Waals surface area contributed by atoms with Crippen LogP contribution in [0.3, 0.4) is 0 Å². The maximum Gasteiger partial charge on any atom is 0.320 e. The predicted molar refractivity (Wildman–Crippen MR) is 72.6 cm³/mol. The molecule has 0 aliphatic heterocycles. The highest BCUT2D eigenvalue weighted by molar-refractivity contribution is 9.10. The summed E-state index contributed by atoms with van der Waals surface area (Å²) in [5.74, 6) is -0.288. The fourth-order valence-corrected chi connectivity index (χ4v) is 2.10. The molecule has 0 bridgehead atoms. The monoisotopic (exact) mass is 319 g/mol. The van der Waals surface area contributed by atoms with Crippen LogP contribution in [0.15, 0.2) is 24.3 Å². The number of carbonyl (C=O) groups is 1. The number of hydrogen-bond donors (Lipinski definition) is 1. The van der Waals surface area contributed by atoms with Crippen LogP contribution in [-0.4, -0.2) is 24.5 Å².